The van der Waals surface area contributed by atoms with Crippen LogP contribution in [0, 0.1) is 11.3 Å². The minimum atomic E-state index is 0.0142. The highest BCUT2D eigenvalue weighted by Gasteiger charge is 2.07. The lowest BCUT2D eigenvalue weighted by Crippen LogP contribution is -2.16. The maximum absolute atomic E-state index is 8.74. The normalized spacial score (nSPS) is 11.6. The Bertz CT molecular complexity index is 384. The van der Waals surface area contributed by atoms with Crippen LogP contribution < -0.4 is 9.47 Å². The molecule has 0 spiro atoms. The number of hydrogen-bond acceptors (Lipinski definition) is 4. The van der Waals surface area contributed by atoms with Crippen LogP contribution in [0.15, 0.2) is 18.2 Å². The summed E-state index contributed by atoms with van der Waals surface area (Å²) >= 11 is 0. The van der Waals surface area contributed by atoms with Crippen LogP contribution in [0.3, 0.4) is 0 Å². The molecule has 1 rings (SSSR count). The molecule has 0 amide bonds. The molecule has 1 aromatic rings. The van der Waals surface area contributed by atoms with Gasteiger partial charge in [-0.15, -0.1) is 0 Å². The zero-order chi connectivity index (χ0) is 12.0. The Kier molecular flexibility index (Phi) is 4.62. The summed E-state index contributed by atoms with van der Waals surface area (Å²) in [6, 6.07) is 7.10. The van der Waals surface area contributed by atoms with E-state index in [4.69, 9.17) is 19.5 Å². The van der Waals surface area contributed by atoms with Crippen molar-refractivity contribution in [2.24, 2.45) is 0 Å². The van der Waals surface area contributed by atoms with Crippen molar-refractivity contribution in [1.82, 2.24) is 0 Å². The van der Waals surface area contributed by atoms with Crippen LogP contribution >= 0.6 is 0 Å². The molecule has 0 bridgehead atoms. The maximum Gasteiger partial charge on any atom is 0.162 e. The quantitative estimate of drug-likeness (QED) is 0.762. The van der Waals surface area contributed by atoms with E-state index in [-0.39, 0.29) is 6.10 Å². The molecule has 0 radical (unpaired) electrons. The standard InChI is InChI=1S/C12H15NO3/c1-9(14-2)8-16-11-5-4-10(7-13)6-12(11)15-3/h4-6,9H,8H2,1-3H3. The third-order valence-corrected chi connectivity index (χ3v) is 2.17. The molecule has 0 N–H and O–H groups in total. The average Bonchev–Trinajstić information content (AvgIpc) is 2.35. The molecule has 0 heterocycles. The molecule has 1 aromatic carbocycles. The number of ether oxygens (including phenoxy) is 3. The summed E-state index contributed by atoms with van der Waals surface area (Å²) in [7, 11) is 3.17. The first-order valence-corrected chi connectivity index (χ1v) is 4.95. The van der Waals surface area contributed by atoms with Gasteiger partial charge in [-0.05, 0) is 19.1 Å². The third-order valence-electron chi connectivity index (χ3n) is 2.17. The molecular weight excluding hydrogens is 206 g/mol. The van der Waals surface area contributed by atoms with Gasteiger partial charge >= 0.3 is 0 Å². The summed E-state index contributed by atoms with van der Waals surface area (Å²) in [5, 5.41) is 8.74. The maximum atomic E-state index is 8.74. The van der Waals surface area contributed by atoms with Gasteiger partial charge in [-0.2, -0.15) is 5.26 Å². The molecule has 1 unspecified atom stereocenters. The molecule has 86 valence electrons. The van der Waals surface area contributed by atoms with Crippen LogP contribution in [0.1, 0.15) is 12.5 Å². The molecule has 0 aromatic heterocycles. The lowest BCUT2D eigenvalue weighted by molar-refractivity contribution is 0.0706. The summed E-state index contributed by atoms with van der Waals surface area (Å²) in [4.78, 5) is 0. The lowest BCUT2D eigenvalue weighted by atomic mass is 10.2. The second-order valence-electron chi connectivity index (χ2n) is 3.33. The average molecular weight is 221 g/mol. The van der Waals surface area contributed by atoms with Crippen LogP contribution in [-0.4, -0.2) is 26.9 Å². The molecule has 4 nitrogen and oxygen atoms in total. The van der Waals surface area contributed by atoms with Gasteiger partial charge in [-0.1, -0.05) is 0 Å². The van der Waals surface area contributed by atoms with Crippen molar-refractivity contribution in [1.29, 1.82) is 5.26 Å². The Morgan fingerprint density at radius 1 is 1.31 bits per heavy atom. The molecule has 16 heavy (non-hydrogen) atoms. The highest BCUT2D eigenvalue weighted by Crippen LogP contribution is 2.27. The second kappa shape index (κ2) is 5.99. The molecule has 0 aliphatic rings. The first-order chi connectivity index (χ1) is 7.71. The van der Waals surface area contributed by atoms with Crippen molar-refractivity contribution >= 4 is 0 Å². The number of nitrogens with zero attached hydrogens (tertiary/aromatic N) is 1. The summed E-state index contributed by atoms with van der Waals surface area (Å²) in [5.41, 5.74) is 0.545. The van der Waals surface area contributed by atoms with Crippen LogP contribution in [-0.2, 0) is 4.74 Å². The van der Waals surface area contributed by atoms with Gasteiger partial charge in [0.1, 0.15) is 6.61 Å². The Morgan fingerprint density at radius 3 is 2.62 bits per heavy atom. The van der Waals surface area contributed by atoms with Crippen LogP contribution in [0.5, 0.6) is 11.5 Å². The SMILES string of the molecule is COc1cc(C#N)ccc1OCC(C)OC. The molecule has 4 heteroatoms. The van der Waals surface area contributed by atoms with Gasteiger partial charge in [-0.3, -0.25) is 0 Å². The van der Waals surface area contributed by atoms with Crippen molar-refractivity contribution in [3.8, 4) is 17.6 Å². The highest BCUT2D eigenvalue weighted by molar-refractivity contribution is 5.46. The minimum Gasteiger partial charge on any atom is -0.493 e. The Labute approximate surface area is 95.4 Å². The van der Waals surface area contributed by atoms with Crippen LogP contribution in [0.25, 0.3) is 0 Å². The Balaban J connectivity index is 2.76. The fourth-order valence-corrected chi connectivity index (χ4v) is 1.13. The summed E-state index contributed by atoms with van der Waals surface area (Å²) in [5.74, 6) is 1.17. The van der Waals surface area contributed by atoms with Crippen LogP contribution in [0.2, 0.25) is 0 Å². The van der Waals surface area contributed by atoms with Crippen molar-refractivity contribution < 1.29 is 14.2 Å². The van der Waals surface area contributed by atoms with E-state index in [1.54, 1.807) is 32.4 Å². The summed E-state index contributed by atoms with van der Waals surface area (Å²) in [6.45, 7) is 2.36. The van der Waals surface area contributed by atoms with E-state index in [2.05, 4.69) is 0 Å². The molecule has 0 aliphatic heterocycles. The van der Waals surface area contributed by atoms with Gasteiger partial charge in [0.15, 0.2) is 11.5 Å². The smallest absolute Gasteiger partial charge is 0.162 e. The van der Waals surface area contributed by atoms with Gasteiger partial charge in [-0.25, -0.2) is 0 Å². The minimum absolute atomic E-state index is 0.0142. The molecule has 0 fully saturated rings. The first kappa shape index (κ1) is 12.3. The third kappa shape index (κ3) is 3.14. The number of benzene rings is 1. The van der Waals surface area contributed by atoms with E-state index in [1.807, 2.05) is 13.0 Å². The second-order valence-corrected chi connectivity index (χ2v) is 3.33. The molecule has 0 saturated heterocycles. The molecule has 0 saturated carbocycles. The molecular formula is C12H15NO3. The predicted molar refractivity (Wildman–Crippen MR) is 59.7 cm³/mol. The van der Waals surface area contributed by atoms with Crippen LogP contribution in [0.4, 0.5) is 0 Å². The molecule has 0 aliphatic carbocycles. The van der Waals surface area contributed by atoms with Crippen molar-refractivity contribution in [2.45, 2.75) is 13.0 Å². The van der Waals surface area contributed by atoms with Gasteiger partial charge in [0.2, 0.25) is 0 Å². The van der Waals surface area contributed by atoms with E-state index in [1.165, 1.54) is 0 Å². The zero-order valence-corrected chi connectivity index (χ0v) is 9.69. The topological polar surface area (TPSA) is 51.5 Å². The monoisotopic (exact) mass is 221 g/mol. The fraction of sp³-hybridized carbons (Fsp3) is 0.417. The van der Waals surface area contributed by atoms with Gasteiger partial charge in [0.05, 0.1) is 24.8 Å². The predicted octanol–water partition coefficient (Wildman–Crippen LogP) is 1.98. The largest absolute Gasteiger partial charge is 0.493 e. The van der Waals surface area contributed by atoms with Crippen molar-refractivity contribution in [2.75, 3.05) is 20.8 Å². The van der Waals surface area contributed by atoms with E-state index < -0.39 is 0 Å². The first-order valence-electron chi connectivity index (χ1n) is 4.95. The Hall–Kier alpha value is -1.73. The number of methoxy groups -OCH3 is 2. The van der Waals surface area contributed by atoms with Gasteiger partial charge in [0, 0.05) is 13.2 Å². The highest BCUT2D eigenvalue weighted by atomic mass is 16.5. The van der Waals surface area contributed by atoms with E-state index in [9.17, 15) is 0 Å². The van der Waals surface area contributed by atoms with Gasteiger partial charge in [0.25, 0.3) is 0 Å². The summed E-state index contributed by atoms with van der Waals surface area (Å²) < 4.78 is 15.7. The Morgan fingerprint density at radius 2 is 2.06 bits per heavy atom. The number of hydrogen-bond donors (Lipinski definition) is 0. The van der Waals surface area contributed by atoms with Gasteiger partial charge < -0.3 is 14.2 Å². The zero-order valence-electron chi connectivity index (χ0n) is 9.69. The fourth-order valence-electron chi connectivity index (χ4n) is 1.13. The van der Waals surface area contributed by atoms with E-state index >= 15 is 0 Å². The lowest BCUT2D eigenvalue weighted by Gasteiger charge is -2.13. The van der Waals surface area contributed by atoms with Crippen molar-refractivity contribution in [3.63, 3.8) is 0 Å². The van der Waals surface area contributed by atoms with E-state index in [0.29, 0.717) is 23.7 Å². The summed E-state index contributed by atoms with van der Waals surface area (Å²) in [6.07, 6.45) is 0.0142. The van der Waals surface area contributed by atoms with Crippen molar-refractivity contribution in [3.05, 3.63) is 23.8 Å². The number of nitriles is 1. The number of rotatable bonds is 5. The van der Waals surface area contributed by atoms with E-state index in [0.717, 1.165) is 0 Å². The molecule has 1 atom stereocenters.